The normalized spacial score (nSPS) is 18.7. The van der Waals surface area contributed by atoms with Crippen molar-refractivity contribution in [1.82, 2.24) is 15.7 Å². The summed E-state index contributed by atoms with van der Waals surface area (Å²) in [7, 11) is 3.33. The van der Waals surface area contributed by atoms with Gasteiger partial charge < -0.3 is 29.4 Å². The molecule has 0 aliphatic carbocycles. The molecule has 0 unspecified atom stereocenters. The molecule has 1 saturated heterocycles. The number of aliphatic hydroxyl groups excluding tert-OH is 1. The van der Waals surface area contributed by atoms with E-state index in [1.165, 1.54) is 11.1 Å². The molecule has 1 fully saturated rings. The van der Waals surface area contributed by atoms with Gasteiger partial charge in [-0.3, -0.25) is 19.7 Å². The van der Waals surface area contributed by atoms with E-state index in [9.17, 15) is 14.7 Å². The van der Waals surface area contributed by atoms with E-state index in [4.69, 9.17) is 24.2 Å². The van der Waals surface area contributed by atoms with Crippen molar-refractivity contribution in [3.63, 3.8) is 0 Å². The van der Waals surface area contributed by atoms with Crippen LogP contribution in [0.4, 0.5) is 0 Å². The van der Waals surface area contributed by atoms with Crippen LogP contribution in [-0.2, 0) is 45.2 Å². The lowest BCUT2D eigenvalue weighted by Gasteiger charge is -2.39. The Bertz CT molecular complexity index is 1810. The van der Waals surface area contributed by atoms with Gasteiger partial charge in [0, 0.05) is 51.0 Å². The van der Waals surface area contributed by atoms with Crippen LogP contribution < -0.4 is 20.3 Å². The Hall–Kier alpha value is -4.78. The maximum Gasteiger partial charge on any atom is 0.243 e. The number of nitrogens with zero attached hydrogens (tertiary/aromatic N) is 1. The molecule has 52 heavy (non-hydrogen) atoms. The third-order valence-electron chi connectivity index (χ3n) is 9.74. The average Bonchev–Trinajstić information content (AvgIpc) is 3.19. The molecule has 3 atom stereocenters. The van der Waals surface area contributed by atoms with E-state index in [2.05, 4.69) is 34.5 Å². The molecule has 0 saturated carbocycles. The molecule has 11 nitrogen and oxygen atoms in total. The smallest absolute Gasteiger partial charge is 0.243 e. The van der Waals surface area contributed by atoms with E-state index in [0.717, 1.165) is 70.9 Å². The molecule has 6 rings (SSSR count). The molecule has 11 heteroatoms. The Kier molecular flexibility index (Phi) is 12.5. The van der Waals surface area contributed by atoms with Crippen LogP contribution >= 0.6 is 0 Å². The summed E-state index contributed by atoms with van der Waals surface area (Å²) in [5.74, 6) is 0.829. The van der Waals surface area contributed by atoms with Crippen LogP contribution in [0.15, 0.2) is 84.9 Å². The number of carbonyl (C=O) groups excluding carboxylic acids is 2. The summed E-state index contributed by atoms with van der Waals surface area (Å²) in [6, 6.07) is 28.3. The van der Waals surface area contributed by atoms with Gasteiger partial charge in [-0.1, -0.05) is 66.7 Å². The molecular formula is C41H47N3O8. The summed E-state index contributed by atoms with van der Waals surface area (Å²) in [4.78, 5) is 25.9. The van der Waals surface area contributed by atoms with Gasteiger partial charge in [-0.05, 0) is 70.0 Å². The van der Waals surface area contributed by atoms with Crippen molar-refractivity contribution in [3.05, 3.63) is 118 Å². The van der Waals surface area contributed by atoms with Crippen molar-refractivity contribution < 1.29 is 38.9 Å². The van der Waals surface area contributed by atoms with E-state index < -0.39 is 12.2 Å². The average molecular weight is 710 g/mol. The number of fused-ring (bicyclic) bond motifs is 1. The predicted molar refractivity (Wildman–Crippen MR) is 194 cm³/mol. The zero-order valence-corrected chi connectivity index (χ0v) is 29.7. The lowest BCUT2D eigenvalue weighted by atomic mass is 9.96. The number of hydroxylamine groups is 1. The Labute approximate surface area is 304 Å². The molecule has 2 aliphatic heterocycles. The summed E-state index contributed by atoms with van der Waals surface area (Å²) >= 11 is 0. The highest BCUT2D eigenvalue weighted by molar-refractivity contribution is 5.78. The SMILES string of the molecule is COc1cc2c(cc1OC)CN(C[C@H]1C[C@@H](c3ccc(CO)cc3)O[C@@H](c3ccc(-c4cccc(CNC(=O)CCCC(=O)NO)c4)cc3)O1)CC2. The summed E-state index contributed by atoms with van der Waals surface area (Å²) in [5.41, 5.74) is 9.91. The first-order chi connectivity index (χ1) is 25.3. The minimum absolute atomic E-state index is 0.00938. The number of rotatable bonds is 14. The quantitative estimate of drug-likeness (QED) is 0.0952. The second kappa shape index (κ2) is 17.6. The van der Waals surface area contributed by atoms with E-state index in [-0.39, 0.29) is 37.6 Å². The third kappa shape index (κ3) is 9.36. The summed E-state index contributed by atoms with van der Waals surface area (Å²) in [5, 5.41) is 21.1. The highest BCUT2D eigenvalue weighted by Crippen LogP contribution is 2.40. The highest BCUT2D eigenvalue weighted by Gasteiger charge is 2.34. The van der Waals surface area contributed by atoms with Crippen LogP contribution in [0.5, 0.6) is 11.5 Å². The first-order valence-corrected chi connectivity index (χ1v) is 17.7. The number of hydrogen-bond donors (Lipinski definition) is 4. The molecule has 0 spiro atoms. The number of aliphatic hydroxyl groups is 1. The molecule has 0 aromatic heterocycles. The van der Waals surface area contributed by atoms with Crippen molar-refractivity contribution in [2.24, 2.45) is 0 Å². The number of amides is 2. The molecule has 4 aromatic carbocycles. The van der Waals surface area contributed by atoms with Gasteiger partial charge in [0.25, 0.3) is 0 Å². The summed E-state index contributed by atoms with van der Waals surface area (Å²) in [6.45, 7) is 2.80. The Morgan fingerprint density at radius 1 is 0.827 bits per heavy atom. The Morgan fingerprint density at radius 3 is 2.25 bits per heavy atom. The first kappa shape index (κ1) is 37.0. The molecular weight excluding hydrogens is 662 g/mol. The fraction of sp³-hybridized carbons (Fsp3) is 0.366. The second-order valence-electron chi connectivity index (χ2n) is 13.3. The molecule has 0 radical (unpaired) electrons. The number of ether oxygens (including phenoxy) is 4. The Morgan fingerprint density at radius 2 is 1.54 bits per heavy atom. The molecule has 0 bridgehead atoms. The number of carbonyl (C=O) groups is 2. The molecule has 4 N–H and O–H groups in total. The first-order valence-electron chi connectivity index (χ1n) is 17.7. The fourth-order valence-electron chi connectivity index (χ4n) is 6.87. The van der Waals surface area contributed by atoms with Gasteiger partial charge in [0.2, 0.25) is 11.8 Å². The van der Waals surface area contributed by atoms with Crippen LogP contribution in [0, 0.1) is 0 Å². The molecule has 4 aromatic rings. The predicted octanol–water partition coefficient (Wildman–Crippen LogP) is 5.76. The number of hydrogen-bond acceptors (Lipinski definition) is 9. The number of nitrogens with one attached hydrogen (secondary N) is 2. The lowest BCUT2D eigenvalue weighted by molar-refractivity contribution is -0.253. The van der Waals surface area contributed by atoms with Gasteiger partial charge >= 0.3 is 0 Å². The fourth-order valence-corrected chi connectivity index (χ4v) is 6.87. The molecule has 2 amide bonds. The number of methoxy groups -OCH3 is 2. The third-order valence-corrected chi connectivity index (χ3v) is 9.74. The zero-order chi connectivity index (χ0) is 36.5. The van der Waals surface area contributed by atoms with Crippen molar-refractivity contribution >= 4 is 11.8 Å². The second-order valence-corrected chi connectivity index (χ2v) is 13.3. The summed E-state index contributed by atoms with van der Waals surface area (Å²) in [6.07, 6.45) is 1.42. The number of benzene rings is 4. The van der Waals surface area contributed by atoms with Crippen molar-refractivity contribution in [2.45, 2.75) is 70.3 Å². The van der Waals surface area contributed by atoms with Crippen molar-refractivity contribution in [3.8, 4) is 22.6 Å². The van der Waals surface area contributed by atoms with Crippen LogP contribution in [0.2, 0.25) is 0 Å². The highest BCUT2D eigenvalue weighted by atomic mass is 16.7. The van der Waals surface area contributed by atoms with Gasteiger partial charge in [-0.2, -0.15) is 0 Å². The van der Waals surface area contributed by atoms with Crippen LogP contribution in [0.1, 0.15) is 71.5 Å². The monoisotopic (exact) mass is 709 g/mol. The molecule has 2 heterocycles. The maximum absolute atomic E-state index is 12.3. The van der Waals surface area contributed by atoms with Gasteiger partial charge in [-0.25, -0.2) is 5.48 Å². The van der Waals surface area contributed by atoms with Crippen LogP contribution in [0.3, 0.4) is 0 Å². The van der Waals surface area contributed by atoms with Gasteiger partial charge in [0.15, 0.2) is 17.8 Å². The largest absolute Gasteiger partial charge is 0.493 e. The standard InChI is InChI=1S/C41H47N3O8/c1-49-37-20-33-17-18-44(24-34(33)21-38(37)50-2)25-35-22-36(30-11-9-27(26-45)10-12-30)52-41(51-35)31-15-13-29(14-16-31)32-6-3-5-28(19-32)23-42-39(46)7-4-8-40(47)43-48/h3,5-6,9-16,19-21,35-36,41,45,48H,4,7-8,17-18,22-26H2,1-2H3,(H,42,46)(H,43,47)/t35-,36+,41+/m1/s1. The minimum atomic E-state index is -0.568. The zero-order valence-electron chi connectivity index (χ0n) is 29.7. The van der Waals surface area contributed by atoms with Crippen molar-refractivity contribution in [2.75, 3.05) is 27.3 Å². The lowest BCUT2D eigenvalue weighted by Crippen LogP contribution is -2.41. The maximum atomic E-state index is 12.3. The van der Waals surface area contributed by atoms with Crippen LogP contribution in [-0.4, -0.2) is 60.4 Å². The topological polar surface area (TPSA) is 139 Å². The van der Waals surface area contributed by atoms with E-state index in [0.29, 0.717) is 19.4 Å². The molecule has 274 valence electrons. The van der Waals surface area contributed by atoms with Gasteiger partial charge in [0.05, 0.1) is 33.0 Å². The van der Waals surface area contributed by atoms with E-state index in [1.54, 1.807) is 19.7 Å². The van der Waals surface area contributed by atoms with E-state index >= 15 is 0 Å². The minimum Gasteiger partial charge on any atom is -0.493 e. The summed E-state index contributed by atoms with van der Waals surface area (Å²) < 4.78 is 24.4. The van der Waals surface area contributed by atoms with Gasteiger partial charge in [0.1, 0.15) is 0 Å². The Balaban J connectivity index is 1.14. The van der Waals surface area contributed by atoms with Crippen molar-refractivity contribution in [1.29, 1.82) is 0 Å². The van der Waals surface area contributed by atoms with Crippen LogP contribution in [0.25, 0.3) is 11.1 Å². The molecule has 2 aliphatic rings. The van der Waals surface area contributed by atoms with E-state index in [1.807, 2.05) is 60.7 Å². The van der Waals surface area contributed by atoms with Gasteiger partial charge in [-0.15, -0.1) is 0 Å².